The summed E-state index contributed by atoms with van der Waals surface area (Å²) in [5, 5.41) is 5.09. The number of amides is 1. The number of imidazole rings is 1. The summed E-state index contributed by atoms with van der Waals surface area (Å²) in [4.78, 5) is 21.6. The van der Waals surface area contributed by atoms with Gasteiger partial charge in [0.15, 0.2) is 0 Å². The molecule has 4 rings (SSSR count). The number of pyridine rings is 1. The van der Waals surface area contributed by atoms with Crippen molar-refractivity contribution in [1.82, 2.24) is 29.0 Å². The van der Waals surface area contributed by atoms with Gasteiger partial charge in [-0.2, -0.15) is 5.10 Å². The maximum atomic E-state index is 12.7. The van der Waals surface area contributed by atoms with Gasteiger partial charge in [0, 0.05) is 63.3 Å². The van der Waals surface area contributed by atoms with Gasteiger partial charge in [-0.1, -0.05) is 31.5 Å². The van der Waals surface area contributed by atoms with E-state index >= 15 is 0 Å². The lowest BCUT2D eigenvalue weighted by molar-refractivity contribution is -0.127. The number of aromatic nitrogens is 4. The molecule has 0 unspecified atom stereocenters. The van der Waals surface area contributed by atoms with E-state index in [0.29, 0.717) is 24.2 Å². The summed E-state index contributed by atoms with van der Waals surface area (Å²) in [6, 6.07) is 6.00. The highest BCUT2D eigenvalue weighted by molar-refractivity contribution is 6.31. The molecule has 0 bridgehead atoms. The normalized spacial score (nSPS) is 15.6. The Bertz CT molecular complexity index is 1060. The molecule has 0 spiro atoms. The van der Waals surface area contributed by atoms with Gasteiger partial charge < -0.3 is 9.30 Å². The lowest BCUT2D eigenvalue weighted by Crippen LogP contribution is -2.47. The first-order valence-corrected chi connectivity index (χ1v) is 11.1. The van der Waals surface area contributed by atoms with Crippen molar-refractivity contribution in [3.05, 3.63) is 58.8 Å². The maximum Gasteiger partial charge on any atom is 0.246 e. The predicted molar refractivity (Wildman–Crippen MR) is 123 cm³/mol. The van der Waals surface area contributed by atoms with Crippen LogP contribution in [-0.4, -0.2) is 61.1 Å². The third kappa shape index (κ3) is 4.99. The molecular weight excluding hydrogens is 412 g/mol. The van der Waals surface area contributed by atoms with Crippen LogP contribution in [0.25, 0.3) is 11.7 Å². The van der Waals surface area contributed by atoms with E-state index < -0.39 is 0 Å². The number of rotatable bonds is 6. The fraction of sp³-hybridized carbons (Fsp3) is 0.435. The number of nitrogens with zero attached hydrogens (tertiary/aromatic N) is 6. The van der Waals surface area contributed by atoms with E-state index in [1.54, 1.807) is 12.2 Å². The van der Waals surface area contributed by atoms with Gasteiger partial charge in [0.25, 0.3) is 0 Å². The Labute approximate surface area is 187 Å². The van der Waals surface area contributed by atoms with Crippen LogP contribution >= 0.6 is 11.6 Å². The van der Waals surface area contributed by atoms with Crippen LogP contribution in [0.3, 0.4) is 0 Å². The zero-order valence-corrected chi connectivity index (χ0v) is 19.1. The van der Waals surface area contributed by atoms with Crippen molar-refractivity contribution in [1.29, 1.82) is 0 Å². The summed E-state index contributed by atoms with van der Waals surface area (Å²) in [5.41, 5.74) is 3.67. The Morgan fingerprint density at radius 1 is 1.23 bits per heavy atom. The summed E-state index contributed by atoms with van der Waals surface area (Å²) in [5.74, 6) is 0.464. The Hall–Kier alpha value is -2.64. The molecule has 0 saturated carbocycles. The minimum absolute atomic E-state index is 0.0134. The second-order valence-electron chi connectivity index (χ2n) is 8.50. The van der Waals surface area contributed by atoms with Crippen LogP contribution in [0.5, 0.6) is 0 Å². The number of fused-ring (bicyclic) bond motifs is 1. The molecular formula is C23H29ClN6O. The third-order valence-electron chi connectivity index (χ3n) is 5.52. The van der Waals surface area contributed by atoms with Crippen LogP contribution in [0, 0.1) is 12.8 Å². The van der Waals surface area contributed by atoms with E-state index in [0.717, 1.165) is 48.8 Å². The van der Waals surface area contributed by atoms with Crippen LogP contribution in [0.1, 0.15) is 30.8 Å². The first-order chi connectivity index (χ1) is 14.9. The van der Waals surface area contributed by atoms with Gasteiger partial charge in [-0.15, -0.1) is 0 Å². The number of piperazine rings is 1. The highest BCUT2D eigenvalue weighted by Gasteiger charge is 2.21. The van der Waals surface area contributed by atoms with Gasteiger partial charge >= 0.3 is 0 Å². The molecule has 3 aromatic heterocycles. The molecule has 1 amide bonds. The van der Waals surface area contributed by atoms with Gasteiger partial charge in [-0.25, -0.2) is 4.98 Å². The second kappa shape index (κ2) is 9.24. The van der Waals surface area contributed by atoms with Gasteiger partial charge in [0.1, 0.15) is 10.8 Å². The molecule has 1 aliphatic heterocycles. The third-order valence-corrected chi connectivity index (χ3v) is 5.92. The molecule has 0 N–H and O–H groups in total. The van der Waals surface area contributed by atoms with E-state index in [9.17, 15) is 4.79 Å². The molecule has 8 heteroatoms. The van der Waals surface area contributed by atoms with Crippen LogP contribution in [0.2, 0.25) is 5.15 Å². The summed E-state index contributed by atoms with van der Waals surface area (Å²) >= 11 is 6.48. The first kappa shape index (κ1) is 21.6. The average Bonchev–Trinajstić information content (AvgIpc) is 3.26. The van der Waals surface area contributed by atoms with Crippen molar-refractivity contribution in [2.45, 2.75) is 33.9 Å². The Balaban J connectivity index is 1.32. The monoisotopic (exact) mass is 440 g/mol. The van der Waals surface area contributed by atoms with Crippen molar-refractivity contribution < 1.29 is 4.79 Å². The predicted octanol–water partition coefficient (Wildman–Crippen LogP) is 3.51. The lowest BCUT2D eigenvalue weighted by atomic mass is 10.2. The largest absolute Gasteiger partial charge is 0.337 e. The topological polar surface area (TPSA) is 58.7 Å². The Morgan fingerprint density at radius 2 is 2.00 bits per heavy atom. The summed E-state index contributed by atoms with van der Waals surface area (Å²) in [6.45, 7) is 10.8. The highest BCUT2D eigenvalue weighted by Crippen LogP contribution is 2.22. The van der Waals surface area contributed by atoms with Gasteiger partial charge in [-0.3, -0.25) is 14.4 Å². The highest BCUT2D eigenvalue weighted by atomic mass is 35.5. The fourth-order valence-corrected chi connectivity index (χ4v) is 4.21. The average molecular weight is 441 g/mol. The van der Waals surface area contributed by atoms with Crippen molar-refractivity contribution in [3.63, 3.8) is 0 Å². The zero-order valence-electron chi connectivity index (χ0n) is 18.3. The number of hydrogen-bond acceptors (Lipinski definition) is 4. The van der Waals surface area contributed by atoms with Crippen molar-refractivity contribution in [3.8, 4) is 0 Å². The minimum Gasteiger partial charge on any atom is -0.337 e. The van der Waals surface area contributed by atoms with E-state index in [1.807, 2.05) is 45.3 Å². The molecule has 0 aliphatic carbocycles. The Kier molecular flexibility index (Phi) is 6.43. The first-order valence-electron chi connectivity index (χ1n) is 10.8. The van der Waals surface area contributed by atoms with Crippen LogP contribution < -0.4 is 0 Å². The number of carbonyl (C=O) groups is 1. The molecule has 0 aromatic carbocycles. The molecule has 31 heavy (non-hydrogen) atoms. The lowest BCUT2D eigenvalue weighted by Gasteiger charge is -2.33. The number of halogens is 1. The van der Waals surface area contributed by atoms with Crippen molar-refractivity contribution >= 4 is 29.2 Å². The van der Waals surface area contributed by atoms with E-state index in [-0.39, 0.29) is 5.91 Å². The molecule has 0 atom stereocenters. The molecule has 7 nitrogen and oxygen atoms in total. The van der Waals surface area contributed by atoms with E-state index in [1.165, 1.54) is 0 Å². The Morgan fingerprint density at radius 3 is 2.71 bits per heavy atom. The molecule has 4 heterocycles. The number of hydrogen-bond donors (Lipinski definition) is 0. The zero-order chi connectivity index (χ0) is 22.0. The molecule has 1 aliphatic rings. The van der Waals surface area contributed by atoms with Crippen LogP contribution in [-0.2, 0) is 17.9 Å². The fourth-order valence-electron chi connectivity index (χ4n) is 3.90. The molecule has 164 valence electrons. The van der Waals surface area contributed by atoms with Gasteiger partial charge in [0.2, 0.25) is 5.91 Å². The SMILES string of the molecule is Cc1nn(CC(C)C)c(Cl)c1/C=C/C(=O)N1CCN(Cc2cn3ccccc3n2)CC1. The minimum atomic E-state index is 0.0134. The molecule has 3 aromatic rings. The van der Waals surface area contributed by atoms with E-state index in [4.69, 9.17) is 11.6 Å². The molecule has 1 fully saturated rings. The molecule has 0 radical (unpaired) electrons. The van der Waals surface area contributed by atoms with Crippen molar-refractivity contribution in [2.24, 2.45) is 5.92 Å². The van der Waals surface area contributed by atoms with Gasteiger partial charge in [0.05, 0.1) is 11.4 Å². The summed E-state index contributed by atoms with van der Waals surface area (Å²) in [7, 11) is 0. The standard InChI is InChI=1S/C23H29ClN6O/c1-17(2)14-30-23(24)20(18(3)26-30)7-8-22(31)28-12-10-27(11-13-28)15-19-16-29-9-5-4-6-21(29)25-19/h4-9,16-17H,10-15H2,1-3H3/b8-7+. The molecule has 1 saturated heterocycles. The summed E-state index contributed by atoms with van der Waals surface area (Å²) < 4.78 is 3.85. The quantitative estimate of drug-likeness (QED) is 0.550. The summed E-state index contributed by atoms with van der Waals surface area (Å²) in [6.07, 6.45) is 7.50. The smallest absolute Gasteiger partial charge is 0.246 e. The number of carbonyl (C=O) groups excluding carboxylic acids is 1. The second-order valence-corrected chi connectivity index (χ2v) is 8.86. The van der Waals surface area contributed by atoms with Crippen LogP contribution in [0.4, 0.5) is 0 Å². The number of aryl methyl sites for hydroxylation is 1. The van der Waals surface area contributed by atoms with E-state index in [2.05, 4.69) is 35.0 Å². The maximum absolute atomic E-state index is 12.7. The van der Waals surface area contributed by atoms with Crippen molar-refractivity contribution in [2.75, 3.05) is 26.2 Å². The van der Waals surface area contributed by atoms with Crippen LogP contribution in [0.15, 0.2) is 36.7 Å². The van der Waals surface area contributed by atoms with Gasteiger partial charge in [-0.05, 0) is 31.1 Å².